The molecule has 7 heteroatoms. The van der Waals surface area contributed by atoms with Crippen LogP contribution in [0.2, 0.25) is 0 Å². The van der Waals surface area contributed by atoms with Crippen LogP contribution >= 0.6 is 0 Å². The Kier molecular flexibility index (Phi) is 5.54. The van der Waals surface area contributed by atoms with Crippen LogP contribution in [0.3, 0.4) is 0 Å². The molecule has 0 fully saturated rings. The van der Waals surface area contributed by atoms with E-state index in [9.17, 15) is 18.4 Å². The maximum Gasteiger partial charge on any atom is 0.255 e. The summed E-state index contributed by atoms with van der Waals surface area (Å²) in [7, 11) is 1.44. The van der Waals surface area contributed by atoms with Gasteiger partial charge in [-0.05, 0) is 18.4 Å². The second-order valence-electron chi connectivity index (χ2n) is 4.73. The summed E-state index contributed by atoms with van der Waals surface area (Å²) in [4.78, 5) is 26.7. The fraction of sp³-hybridized carbons (Fsp3) is 0.462. The Morgan fingerprint density at radius 2 is 2.00 bits per heavy atom. The summed E-state index contributed by atoms with van der Waals surface area (Å²) in [5.74, 6) is -3.76. The van der Waals surface area contributed by atoms with E-state index >= 15 is 0 Å². The molecule has 1 aromatic rings. The number of aromatic nitrogens is 1. The lowest BCUT2D eigenvalue weighted by molar-refractivity contribution is -0.122. The third-order valence-electron chi connectivity index (χ3n) is 2.67. The third-order valence-corrected chi connectivity index (χ3v) is 2.67. The molecule has 0 aliphatic heterocycles. The zero-order valence-electron chi connectivity index (χ0n) is 11.5. The minimum absolute atomic E-state index is 0.150. The number of carbonyl (C=O) groups is 2. The van der Waals surface area contributed by atoms with Gasteiger partial charge in [-0.2, -0.15) is 4.39 Å². The van der Waals surface area contributed by atoms with Gasteiger partial charge < -0.3 is 10.6 Å². The minimum atomic E-state index is -1.35. The Labute approximate surface area is 115 Å². The lowest BCUT2D eigenvalue weighted by Gasteiger charge is -2.19. The molecule has 110 valence electrons. The fourth-order valence-electron chi connectivity index (χ4n) is 1.71. The van der Waals surface area contributed by atoms with Gasteiger partial charge in [0.05, 0.1) is 5.56 Å². The summed E-state index contributed by atoms with van der Waals surface area (Å²) in [6.07, 6.45) is 1.38. The topological polar surface area (TPSA) is 71.1 Å². The van der Waals surface area contributed by atoms with E-state index in [1.54, 1.807) is 0 Å². The van der Waals surface area contributed by atoms with Gasteiger partial charge in [0, 0.05) is 13.2 Å². The van der Waals surface area contributed by atoms with Gasteiger partial charge in [-0.3, -0.25) is 9.59 Å². The van der Waals surface area contributed by atoms with Crippen molar-refractivity contribution in [3.8, 4) is 0 Å². The van der Waals surface area contributed by atoms with Gasteiger partial charge >= 0.3 is 0 Å². The second kappa shape index (κ2) is 6.93. The van der Waals surface area contributed by atoms with Crippen molar-refractivity contribution in [3.63, 3.8) is 0 Å². The highest BCUT2D eigenvalue weighted by Gasteiger charge is 2.24. The molecule has 2 amide bonds. The molecule has 0 radical (unpaired) electrons. The predicted octanol–water partition coefficient (Wildman–Crippen LogP) is 1.25. The molecule has 0 aliphatic carbocycles. The highest BCUT2D eigenvalue weighted by molar-refractivity contribution is 5.97. The van der Waals surface area contributed by atoms with Crippen molar-refractivity contribution in [2.75, 3.05) is 7.05 Å². The Bertz CT molecular complexity index is 506. The molecule has 0 spiro atoms. The lowest BCUT2D eigenvalue weighted by atomic mass is 10.0. The normalized spacial score (nSPS) is 12.1. The van der Waals surface area contributed by atoms with Crippen LogP contribution in [-0.4, -0.2) is 29.9 Å². The third kappa shape index (κ3) is 3.97. The second-order valence-corrected chi connectivity index (χ2v) is 4.73. The number of hydrogen-bond donors (Lipinski definition) is 2. The number of nitrogens with zero attached hydrogens (tertiary/aromatic N) is 1. The largest absolute Gasteiger partial charge is 0.357 e. The van der Waals surface area contributed by atoms with E-state index in [1.165, 1.54) is 7.05 Å². The number of carbonyl (C=O) groups excluding carboxylic acids is 2. The number of rotatable bonds is 5. The van der Waals surface area contributed by atoms with Gasteiger partial charge in [-0.15, -0.1) is 0 Å². The van der Waals surface area contributed by atoms with E-state index in [0.29, 0.717) is 6.42 Å². The molecule has 0 saturated heterocycles. The molecule has 1 aromatic heterocycles. The minimum Gasteiger partial charge on any atom is -0.357 e. The number of halogens is 2. The SMILES string of the molecule is CNC(=O)C(CC(C)C)NC(=O)c1ccnc(F)c1F. The average molecular weight is 285 g/mol. The van der Waals surface area contributed by atoms with Gasteiger partial charge in [0.1, 0.15) is 6.04 Å². The lowest BCUT2D eigenvalue weighted by Crippen LogP contribution is -2.46. The van der Waals surface area contributed by atoms with Gasteiger partial charge in [-0.1, -0.05) is 13.8 Å². The van der Waals surface area contributed by atoms with Crippen molar-refractivity contribution in [3.05, 3.63) is 29.6 Å². The molecule has 1 rings (SSSR count). The zero-order valence-corrected chi connectivity index (χ0v) is 11.5. The highest BCUT2D eigenvalue weighted by atomic mass is 19.2. The zero-order chi connectivity index (χ0) is 15.3. The first kappa shape index (κ1) is 16.0. The molecule has 2 N–H and O–H groups in total. The molecule has 20 heavy (non-hydrogen) atoms. The van der Waals surface area contributed by atoms with Crippen LogP contribution < -0.4 is 10.6 Å². The van der Waals surface area contributed by atoms with Crippen LogP contribution in [0, 0.1) is 17.7 Å². The summed E-state index contributed by atoms with van der Waals surface area (Å²) in [5, 5.41) is 4.82. The van der Waals surface area contributed by atoms with Crippen molar-refractivity contribution in [2.45, 2.75) is 26.3 Å². The summed E-state index contributed by atoms with van der Waals surface area (Å²) >= 11 is 0. The maximum atomic E-state index is 13.4. The summed E-state index contributed by atoms with van der Waals surface area (Å²) in [6, 6.07) is 0.257. The van der Waals surface area contributed by atoms with Crippen LogP contribution in [-0.2, 0) is 4.79 Å². The molecule has 0 saturated carbocycles. The van der Waals surface area contributed by atoms with Crippen LogP contribution in [0.4, 0.5) is 8.78 Å². The van der Waals surface area contributed by atoms with E-state index in [-0.39, 0.29) is 11.8 Å². The highest BCUT2D eigenvalue weighted by Crippen LogP contribution is 2.11. The molecule has 1 atom stereocenters. The summed E-state index contributed by atoms with van der Waals surface area (Å²) < 4.78 is 26.4. The van der Waals surface area contributed by atoms with Gasteiger partial charge in [0.25, 0.3) is 5.91 Å². The average Bonchev–Trinajstić information content (AvgIpc) is 2.39. The van der Waals surface area contributed by atoms with Crippen LogP contribution in [0.25, 0.3) is 0 Å². The molecule has 0 aliphatic rings. The maximum absolute atomic E-state index is 13.4. The molecular formula is C13H17F2N3O2. The Morgan fingerprint density at radius 1 is 1.35 bits per heavy atom. The van der Waals surface area contributed by atoms with Crippen molar-refractivity contribution < 1.29 is 18.4 Å². The molecule has 5 nitrogen and oxygen atoms in total. The van der Waals surface area contributed by atoms with E-state index in [2.05, 4.69) is 15.6 Å². The standard InChI is InChI=1S/C13H17F2N3O2/c1-7(2)6-9(13(20)16-3)18-12(19)8-4-5-17-11(15)10(8)14/h4-5,7,9H,6H2,1-3H3,(H,16,20)(H,18,19). The number of pyridine rings is 1. The molecule has 1 heterocycles. The van der Waals surface area contributed by atoms with Crippen LogP contribution in [0.15, 0.2) is 12.3 Å². The Hall–Kier alpha value is -2.05. The number of hydrogen-bond acceptors (Lipinski definition) is 3. The van der Waals surface area contributed by atoms with Crippen molar-refractivity contribution >= 4 is 11.8 Å². The number of nitrogens with one attached hydrogen (secondary N) is 2. The van der Waals surface area contributed by atoms with Crippen molar-refractivity contribution in [1.82, 2.24) is 15.6 Å². The first-order chi connectivity index (χ1) is 9.36. The number of amides is 2. The van der Waals surface area contributed by atoms with E-state index < -0.39 is 29.3 Å². The van der Waals surface area contributed by atoms with Crippen LogP contribution in [0.5, 0.6) is 0 Å². The molecular weight excluding hydrogens is 268 g/mol. The van der Waals surface area contributed by atoms with Crippen LogP contribution in [0.1, 0.15) is 30.6 Å². The van der Waals surface area contributed by atoms with E-state index in [0.717, 1.165) is 12.3 Å². The number of likely N-dealkylation sites (N-methyl/N-ethyl adjacent to an activating group) is 1. The first-order valence-electron chi connectivity index (χ1n) is 6.19. The van der Waals surface area contributed by atoms with Gasteiger partial charge in [0.15, 0.2) is 5.82 Å². The monoisotopic (exact) mass is 285 g/mol. The molecule has 0 bridgehead atoms. The Morgan fingerprint density at radius 3 is 2.55 bits per heavy atom. The summed E-state index contributed by atoms with van der Waals surface area (Å²) in [5.41, 5.74) is -0.477. The van der Waals surface area contributed by atoms with Gasteiger partial charge in [-0.25, -0.2) is 9.37 Å². The molecule has 0 aromatic carbocycles. The fourth-order valence-corrected chi connectivity index (χ4v) is 1.71. The smallest absolute Gasteiger partial charge is 0.255 e. The quantitative estimate of drug-likeness (QED) is 0.800. The predicted molar refractivity (Wildman–Crippen MR) is 68.9 cm³/mol. The van der Waals surface area contributed by atoms with E-state index in [1.807, 2.05) is 13.8 Å². The molecule has 1 unspecified atom stereocenters. The first-order valence-corrected chi connectivity index (χ1v) is 6.19. The van der Waals surface area contributed by atoms with E-state index in [4.69, 9.17) is 0 Å². The van der Waals surface area contributed by atoms with Gasteiger partial charge in [0.2, 0.25) is 11.9 Å². The van der Waals surface area contributed by atoms with Crippen molar-refractivity contribution in [1.29, 1.82) is 0 Å². The summed E-state index contributed by atoms with van der Waals surface area (Å²) in [6.45, 7) is 3.77. The Balaban J connectivity index is 2.90. The van der Waals surface area contributed by atoms with Crippen molar-refractivity contribution in [2.24, 2.45) is 5.92 Å².